The van der Waals surface area contributed by atoms with Crippen molar-refractivity contribution in [3.8, 4) is 0 Å². The molecule has 4 heteroatoms. The first-order valence-electron chi connectivity index (χ1n) is 10.7. The summed E-state index contributed by atoms with van der Waals surface area (Å²) >= 11 is 1.87. The molecular formula is C24H31NO2S. The van der Waals surface area contributed by atoms with Gasteiger partial charge in [-0.15, -0.1) is 11.3 Å². The van der Waals surface area contributed by atoms with Crippen LogP contribution in [0.5, 0.6) is 0 Å². The first-order chi connectivity index (χ1) is 13.8. The van der Waals surface area contributed by atoms with Crippen molar-refractivity contribution in [3.63, 3.8) is 0 Å². The summed E-state index contributed by atoms with van der Waals surface area (Å²) in [4.78, 5) is 27.5. The van der Waals surface area contributed by atoms with Crippen molar-refractivity contribution < 1.29 is 9.59 Å². The number of fused-ring (bicyclic) bond motifs is 1. The van der Waals surface area contributed by atoms with Crippen LogP contribution in [0.3, 0.4) is 0 Å². The lowest BCUT2D eigenvalue weighted by Gasteiger charge is -2.13. The summed E-state index contributed by atoms with van der Waals surface area (Å²) in [5.41, 5.74) is 1.12. The second kappa shape index (κ2) is 11.2. The third kappa shape index (κ3) is 5.78. The van der Waals surface area contributed by atoms with E-state index in [1.165, 1.54) is 67.6 Å². The number of hydrogen-bond acceptors (Lipinski definition) is 3. The van der Waals surface area contributed by atoms with Crippen LogP contribution in [0.1, 0.15) is 89.8 Å². The van der Waals surface area contributed by atoms with E-state index in [1.807, 2.05) is 23.5 Å². The molecule has 0 aliphatic carbocycles. The average Bonchev–Trinajstić information content (AvgIpc) is 3.31. The summed E-state index contributed by atoms with van der Waals surface area (Å²) in [5.74, 6) is -0.251. The number of nitrogens with zero attached hydrogens (tertiary/aromatic N) is 1. The second-order valence-electron chi connectivity index (χ2n) is 7.67. The van der Waals surface area contributed by atoms with Gasteiger partial charge in [0, 0.05) is 11.4 Å². The van der Waals surface area contributed by atoms with Gasteiger partial charge in [-0.2, -0.15) is 0 Å². The van der Waals surface area contributed by atoms with Crippen LogP contribution in [0.2, 0.25) is 0 Å². The van der Waals surface area contributed by atoms with Gasteiger partial charge in [0.2, 0.25) is 0 Å². The first kappa shape index (κ1) is 20.8. The van der Waals surface area contributed by atoms with Crippen LogP contribution >= 0.6 is 11.3 Å². The van der Waals surface area contributed by atoms with Crippen LogP contribution in [0.4, 0.5) is 0 Å². The molecule has 0 N–H and O–H groups in total. The zero-order valence-electron chi connectivity index (χ0n) is 16.7. The number of amides is 2. The fourth-order valence-corrected chi connectivity index (χ4v) is 4.63. The van der Waals surface area contributed by atoms with Crippen LogP contribution < -0.4 is 0 Å². The van der Waals surface area contributed by atoms with Crippen molar-refractivity contribution in [1.29, 1.82) is 0 Å². The van der Waals surface area contributed by atoms with E-state index < -0.39 is 0 Å². The molecule has 0 saturated heterocycles. The third-order valence-electron chi connectivity index (χ3n) is 5.51. The summed E-state index contributed by atoms with van der Waals surface area (Å²) in [6.07, 6.45) is 13.7. The molecule has 0 bridgehead atoms. The highest BCUT2D eigenvalue weighted by Gasteiger charge is 2.34. The molecule has 28 heavy (non-hydrogen) atoms. The minimum absolute atomic E-state index is 0.125. The largest absolute Gasteiger partial charge is 0.274 e. The normalized spacial score (nSPS) is 13.4. The van der Waals surface area contributed by atoms with Crippen molar-refractivity contribution in [3.05, 3.63) is 57.8 Å². The van der Waals surface area contributed by atoms with Crippen LogP contribution in [0.15, 0.2) is 41.8 Å². The van der Waals surface area contributed by atoms with Crippen LogP contribution in [0.25, 0.3) is 0 Å². The molecule has 3 nitrogen and oxygen atoms in total. The smallest absolute Gasteiger partial charge is 0.261 e. The van der Waals surface area contributed by atoms with Crippen molar-refractivity contribution in [2.75, 3.05) is 6.54 Å². The van der Waals surface area contributed by atoms with Gasteiger partial charge in [-0.25, -0.2) is 0 Å². The van der Waals surface area contributed by atoms with E-state index in [0.29, 0.717) is 17.7 Å². The molecule has 2 amide bonds. The number of rotatable bonds is 13. The molecule has 0 saturated carbocycles. The fourth-order valence-electron chi connectivity index (χ4n) is 3.88. The van der Waals surface area contributed by atoms with Crippen molar-refractivity contribution in [2.45, 2.75) is 70.6 Å². The predicted molar refractivity (Wildman–Crippen MR) is 116 cm³/mol. The summed E-state index contributed by atoms with van der Waals surface area (Å²) < 4.78 is 0. The van der Waals surface area contributed by atoms with Gasteiger partial charge in [0.25, 0.3) is 11.8 Å². The van der Waals surface area contributed by atoms with Crippen LogP contribution in [0, 0.1) is 0 Å². The van der Waals surface area contributed by atoms with Crippen molar-refractivity contribution in [2.24, 2.45) is 0 Å². The van der Waals surface area contributed by atoms with Crippen molar-refractivity contribution >= 4 is 23.2 Å². The van der Waals surface area contributed by atoms with Crippen LogP contribution in [-0.2, 0) is 6.42 Å². The summed E-state index contributed by atoms with van der Waals surface area (Å²) in [6.45, 7) is 0.552. The summed E-state index contributed by atoms with van der Waals surface area (Å²) in [5, 5.41) is 2.16. The molecule has 3 rings (SSSR count). The summed E-state index contributed by atoms with van der Waals surface area (Å²) in [6, 6.07) is 11.5. The molecule has 0 unspecified atom stereocenters. The highest BCUT2D eigenvalue weighted by Crippen LogP contribution is 2.23. The highest BCUT2D eigenvalue weighted by molar-refractivity contribution is 7.09. The Labute approximate surface area is 172 Å². The zero-order chi connectivity index (χ0) is 19.6. The molecular weight excluding hydrogens is 366 g/mol. The SMILES string of the molecule is O=C1c2ccccc2C(=O)N1CCCCCCCCCCCCc1cccs1. The topological polar surface area (TPSA) is 37.4 Å². The lowest BCUT2D eigenvalue weighted by molar-refractivity contribution is 0.0651. The van der Waals surface area contributed by atoms with E-state index in [1.54, 1.807) is 12.1 Å². The van der Waals surface area contributed by atoms with Gasteiger partial charge in [-0.3, -0.25) is 14.5 Å². The van der Waals surface area contributed by atoms with E-state index in [4.69, 9.17) is 0 Å². The van der Waals surface area contributed by atoms with Gasteiger partial charge >= 0.3 is 0 Å². The number of unbranched alkanes of at least 4 members (excludes halogenated alkanes) is 9. The minimum atomic E-state index is -0.125. The van der Waals surface area contributed by atoms with Crippen LogP contribution in [-0.4, -0.2) is 23.3 Å². The third-order valence-corrected chi connectivity index (χ3v) is 6.45. The Bertz CT molecular complexity index is 719. The molecule has 150 valence electrons. The molecule has 2 heterocycles. The van der Waals surface area contributed by atoms with Gasteiger partial charge in [-0.1, -0.05) is 69.6 Å². The predicted octanol–water partition coefficient (Wildman–Crippen LogP) is 6.49. The average molecular weight is 398 g/mol. The van der Waals surface area contributed by atoms with Gasteiger partial charge in [0.1, 0.15) is 0 Å². The van der Waals surface area contributed by atoms with Gasteiger partial charge in [0.15, 0.2) is 0 Å². The first-order valence-corrected chi connectivity index (χ1v) is 11.6. The maximum atomic E-state index is 12.3. The minimum Gasteiger partial charge on any atom is -0.274 e. The second-order valence-corrected chi connectivity index (χ2v) is 8.70. The molecule has 0 radical (unpaired) electrons. The Kier molecular flexibility index (Phi) is 8.28. The molecule has 2 aromatic rings. The number of benzene rings is 1. The Morgan fingerprint density at radius 1 is 0.643 bits per heavy atom. The molecule has 0 atom stereocenters. The van der Waals surface area contributed by atoms with Gasteiger partial charge < -0.3 is 0 Å². The molecule has 0 fully saturated rings. The van der Waals surface area contributed by atoms with E-state index >= 15 is 0 Å². The standard InChI is InChI=1S/C24H31NO2S/c26-23-21-16-10-11-17-22(21)24(27)25(23)18-12-8-6-4-2-1-3-5-7-9-14-20-15-13-19-28-20/h10-11,13,15-17,19H,1-9,12,14,18H2. The number of carbonyl (C=O) groups excluding carboxylic acids is 2. The van der Waals surface area contributed by atoms with E-state index in [2.05, 4.69) is 17.5 Å². The molecule has 1 aromatic carbocycles. The number of aryl methyl sites for hydroxylation is 1. The van der Waals surface area contributed by atoms with E-state index in [-0.39, 0.29) is 11.8 Å². The quantitative estimate of drug-likeness (QED) is 0.286. The number of carbonyl (C=O) groups is 2. The van der Waals surface area contributed by atoms with Gasteiger partial charge in [-0.05, 0) is 42.8 Å². The summed E-state index contributed by atoms with van der Waals surface area (Å²) in [7, 11) is 0. The fraction of sp³-hybridized carbons (Fsp3) is 0.500. The van der Waals surface area contributed by atoms with E-state index in [0.717, 1.165) is 12.8 Å². The number of thiophene rings is 1. The lowest BCUT2D eigenvalue weighted by Crippen LogP contribution is -2.30. The molecule has 1 aromatic heterocycles. The number of hydrogen-bond donors (Lipinski definition) is 0. The molecule has 1 aliphatic rings. The Morgan fingerprint density at radius 3 is 1.71 bits per heavy atom. The zero-order valence-corrected chi connectivity index (χ0v) is 17.5. The maximum Gasteiger partial charge on any atom is 0.261 e. The Balaban J connectivity index is 1.16. The number of imide groups is 1. The highest BCUT2D eigenvalue weighted by atomic mass is 32.1. The van der Waals surface area contributed by atoms with E-state index in [9.17, 15) is 9.59 Å². The molecule has 1 aliphatic heterocycles. The monoisotopic (exact) mass is 397 g/mol. The van der Waals surface area contributed by atoms with Gasteiger partial charge in [0.05, 0.1) is 11.1 Å². The molecule has 0 spiro atoms. The lowest BCUT2D eigenvalue weighted by atomic mass is 10.1. The Morgan fingerprint density at radius 2 is 1.18 bits per heavy atom. The van der Waals surface area contributed by atoms with Crippen molar-refractivity contribution in [1.82, 2.24) is 4.90 Å². The maximum absolute atomic E-state index is 12.3. The Hall–Kier alpha value is -1.94.